The fourth-order valence-electron chi connectivity index (χ4n) is 1.17. The molecule has 1 aromatic rings. The van der Waals surface area contributed by atoms with Crippen LogP contribution in [0.5, 0.6) is 0 Å². The zero-order chi connectivity index (χ0) is 13.9. The van der Waals surface area contributed by atoms with Gasteiger partial charge in [0.2, 0.25) is 15.9 Å². The maximum Gasteiger partial charge on any atom is 0.229 e. The summed E-state index contributed by atoms with van der Waals surface area (Å²) in [7, 11) is -3.56. The Morgan fingerprint density at radius 1 is 1.33 bits per heavy atom. The van der Waals surface area contributed by atoms with Crippen molar-refractivity contribution in [2.75, 3.05) is 16.3 Å². The van der Waals surface area contributed by atoms with Crippen molar-refractivity contribution in [3.63, 3.8) is 0 Å². The summed E-state index contributed by atoms with van der Waals surface area (Å²) in [5.41, 5.74) is 0.139. The standard InChI is InChI=1S/C11H15FN2O3S/c1-7(2)11(15)13-8-4-5-9(12)10(6-8)14-18(3,16)17/h4-7,14H,1-3H3,(H,13,15). The molecule has 0 atom stereocenters. The molecule has 5 nitrogen and oxygen atoms in total. The molecular formula is C11H15FN2O3S. The molecule has 0 saturated carbocycles. The van der Waals surface area contributed by atoms with Gasteiger partial charge in [-0.25, -0.2) is 12.8 Å². The number of carbonyl (C=O) groups is 1. The van der Waals surface area contributed by atoms with Gasteiger partial charge in [0.05, 0.1) is 11.9 Å². The van der Waals surface area contributed by atoms with E-state index < -0.39 is 15.8 Å². The van der Waals surface area contributed by atoms with Gasteiger partial charge in [0.1, 0.15) is 5.82 Å². The third-order valence-electron chi connectivity index (χ3n) is 2.05. The smallest absolute Gasteiger partial charge is 0.229 e. The molecule has 0 fully saturated rings. The summed E-state index contributed by atoms with van der Waals surface area (Å²) < 4.78 is 37.5. The van der Waals surface area contributed by atoms with Crippen molar-refractivity contribution in [3.8, 4) is 0 Å². The largest absolute Gasteiger partial charge is 0.326 e. The van der Waals surface area contributed by atoms with Crippen molar-refractivity contribution in [2.45, 2.75) is 13.8 Å². The quantitative estimate of drug-likeness (QED) is 0.879. The fourth-order valence-corrected chi connectivity index (χ4v) is 1.72. The second-order valence-corrected chi connectivity index (χ2v) is 5.96. The van der Waals surface area contributed by atoms with Crippen molar-refractivity contribution >= 4 is 27.3 Å². The van der Waals surface area contributed by atoms with Gasteiger partial charge in [-0.2, -0.15) is 0 Å². The molecular weight excluding hydrogens is 259 g/mol. The van der Waals surface area contributed by atoms with E-state index in [-0.39, 0.29) is 17.5 Å². The summed E-state index contributed by atoms with van der Waals surface area (Å²) in [5.74, 6) is -1.16. The predicted octanol–water partition coefficient (Wildman–Crippen LogP) is 1.79. The maximum absolute atomic E-state index is 13.4. The van der Waals surface area contributed by atoms with Gasteiger partial charge in [0, 0.05) is 11.6 Å². The average molecular weight is 274 g/mol. The molecule has 0 bridgehead atoms. The molecule has 0 spiro atoms. The van der Waals surface area contributed by atoms with E-state index in [9.17, 15) is 17.6 Å². The third kappa shape index (κ3) is 4.33. The van der Waals surface area contributed by atoms with Gasteiger partial charge >= 0.3 is 0 Å². The number of hydrogen-bond acceptors (Lipinski definition) is 3. The molecule has 0 aliphatic rings. The van der Waals surface area contributed by atoms with Crippen molar-refractivity contribution in [2.24, 2.45) is 5.92 Å². The van der Waals surface area contributed by atoms with Gasteiger partial charge in [-0.3, -0.25) is 9.52 Å². The molecule has 100 valence electrons. The Bertz CT molecular complexity index is 555. The average Bonchev–Trinajstić information content (AvgIpc) is 2.20. The Labute approximate surface area is 105 Å². The topological polar surface area (TPSA) is 75.3 Å². The van der Waals surface area contributed by atoms with Crippen LogP contribution >= 0.6 is 0 Å². The number of sulfonamides is 1. The Morgan fingerprint density at radius 3 is 2.44 bits per heavy atom. The molecule has 0 aliphatic carbocycles. The molecule has 1 aromatic carbocycles. The van der Waals surface area contributed by atoms with E-state index in [4.69, 9.17) is 0 Å². The molecule has 0 radical (unpaired) electrons. The number of hydrogen-bond donors (Lipinski definition) is 2. The molecule has 2 N–H and O–H groups in total. The van der Waals surface area contributed by atoms with Crippen LogP contribution in [-0.2, 0) is 14.8 Å². The predicted molar refractivity (Wildman–Crippen MR) is 68.3 cm³/mol. The first-order valence-corrected chi connectivity index (χ1v) is 7.16. The van der Waals surface area contributed by atoms with Crippen LogP contribution in [0, 0.1) is 11.7 Å². The lowest BCUT2D eigenvalue weighted by atomic mass is 10.2. The highest BCUT2D eigenvalue weighted by Gasteiger charge is 2.11. The first kappa shape index (κ1) is 14.4. The lowest BCUT2D eigenvalue weighted by Crippen LogP contribution is -2.18. The van der Waals surface area contributed by atoms with Crippen LogP contribution in [0.25, 0.3) is 0 Å². The van der Waals surface area contributed by atoms with E-state index in [1.54, 1.807) is 13.8 Å². The number of anilines is 2. The van der Waals surface area contributed by atoms with Crippen molar-refractivity contribution in [3.05, 3.63) is 24.0 Å². The maximum atomic E-state index is 13.4. The number of carbonyl (C=O) groups excluding carboxylic acids is 1. The SMILES string of the molecule is CC(C)C(=O)Nc1ccc(F)c(NS(C)(=O)=O)c1. The van der Waals surface area contributed by atoms with Gasteiger partial charge in [-0.15, -0.1) is 0 Å². The van der Waals surface area contributed by atoms with Crippen molar-refractivity contribution < 1.29 is 17.6 Å². The molecule has 1 amide bonds. The van der Waals surface area contributed by atoms with Gasteiger partial charge in [0.25, 0.3) is 0 Å². The Hall–Kier alpha value is -1.63. The van der Waals surface area contributed by atoms with Crippen LogP contribution in [-0.4, -0.2) is 20.6 Å². The molecule has 7 heteroatoms. The summed E-state index contributed by atoms with van der Waals surface area (Å²) in [6, 6.07) is 3.68. The van der Waals surface area contributed by atoms with E-state index >= 15 is 0 Å². The highest BCUT2D eigenvalue weighted by Crippen LogP contribution is 2.20. The molecule has 18 heavy (non-hydrogen) atoms. The number of amides is 1. The number of halogens is 1. The molecule has 0 heterocycles. The first-order chi connectivity index (χ1) is 8.19. The van der Waals surface area contributed by atoms with E-state index in [2.05, 4.69) is 5.32 Å². The lowest BCUT2D eigenvalue weighted by molar-refractivity contribution is -0.118. The van der Waals surface area contributed by atoms with Crippen LogP contribution < -0.4 is 10.0 Å². The fraction of sp³-hybridized carbons (Fsp3) is 0.364. The van der Waals surface area contributed by atoms with Gasteiger partial charge < -0.3 is 5.32 Å². The zero-order valence-corrected chi connectivity index (χ0v) is 11.1. The van der Waals surface area contributed by atoms with Crippen LogP contribution in [0.15, 0.2) is 18.2 Å². The lowest BCUT2D eigenvalue weighted by Gasteiger charge is -2.10. The van der Waals surface area contributed by atoms with Crippen LogP contribution in [0.2, 0.25) is 0 Å². The van der Waals surface area contributed by atoms with E-state index in [0.29, 0.717) is 5.69 Å². The van der Waals surface area contributed by atoms with Crippen LogP contribution in [0.4, 0.5) is 15.8 Å². The Kier molecular flexibility index (Phi) is 4.28. The van der Waals surface area contributed by atoms with E-state index in [0.717, 1.165) is 12.3 Å². The van der Waals surface area contributed by atoms with Crippen LogP contribution in [0.3, 0.4) is 0 Å². The van der Waals surface area contributed by atoms with Crippen molar-refractivity contribution in [1.82, 2.24) is 0 Å². The summed E-state index contributed by atoms with van der Waals surface area (Å²) in [6.07, 6.45) is 0.922. The Morgan fingerprint density at radius 2 is 1.94 bits per heavy atom. The summed E-state index contributed by atoms with van der Waals surface area (Å²) in [5, 5.41) is 2.55. The van der Waals surface area contributed by atoms with E-state index in [1.807, 2.05) is 4.72 Å². The summed E-state index contributed by atoms with van der Waals surface area (Å²) >= 11 is 0. The first-order valence-electron chi connectivity index (χ1n) is 5.27. The highest BCUT2D eigenvalue weighted by atomic mass is 32.2. The van der Waals surface area contributed by atoms with Crippen LogP contribution in [0.1, 0.15) is 13.8 Å². The minimum absolute atomic E-state index is 0.195. The second kappa shape index (κ2) is 5.34. The third-order valence-corrected chi connectivity index (χ3v) is 2.64. The van der Waals surface area contributed by atoms with Gasteiger partial charge in [-0.1, -0.05) is 13.8 Å². The number of nitrogens with one attached hydrogen (secondary N) is 2. The Balaban J connectivity index is 2.97. The van der Waals surface area contributed by atoms with E-state index in [1.165, 1.54) is 12.1 Å². The zero-order valence-electron chi connectivity index (χ0n) is 10.3. The highest BCUT2D eigenvalue weighted by molar-refractivity contribution is 7.92. The molecule has 0 aromatic heterocycles. The number of benzene rings is 1. The monoisotopic (exact) mass is 274 g/mol. The molecule has 0 aliphatic heterocycles. The second-order valence-electron chi connectivity index (χ2n) is 4.21. The minimum atomic E-state index is -3.56. The molecule has 0 unspecified atom stereocenters. The van der Waals surface area contributed by atoms with Gasteiger partial charge in [0.15, 0.2) is 0 Å². The normalized spacial score (nSPS) is 11.4. The summed E-state index contributed by atoms with van der Waals surface area (Å²) in [6.45, 7) is 3.43. The van der Waals surface area contributed by atoms with Crippen molar-refractivity contribution in [1.29, 1.82) is 0 Å². The summed E-state index contributed by atoms with van der Waals surface area (Å²) in [4.78, 5) is 11.5. The molecule has 1 rings (SSSR count). The minimum Gasteiger partial charge on any atom is -0.326 e. The van der Waals surface area contributed by atoms with Gasteiger partial charge in [-0.05, 0) is 18.2 Å². The number of rotatable bonds is 4. The molecule has 0 saturated heterocycles.